The molecule has 2 aliphatic carbocycles. The minimum atomic E-state index is -0.479. The summed E-state index contributed by atoms with van der Waals surface area (Å²) in [5.74, 6) is 0. The first-order valence-electron chi connectivity index (χ1n) is 10.1. The Kier molecular flexibility index (Phi) is 5.30. The molecule has 0 spiro atoms. The van der Waals surface area contributed by atoms with Crippen LogP contribution < -0.4 is 5.19 Å². The average molecular weight is 363 g/mol. The standard InChI is InChI=1S/C25H34Si/c1-7-24(11-9-8-10-12-24)17-25(16-20(4)21(5)22(25)6)26-23-14-18(2)13-19(3)15-23/h8-11,13-16H,7,12,17,26H2,1-6H3. The molecular weight excluding hydrogens is 328 g/mol. The van der Waals surface area contributed by atoms with Crippen LogP contribution in [0.2, 0.25) is 5.04 Å². The first-order valence-corrected chi connectivity index (χ1v) is 11.5. The highest BCUT2D eigenvalue weighted by Gasteiger charge is 2.42. The number of hydrogen-bond acceptors (Lipinski definition) is 0. The molecule has 0 nitrogen and oxygen atoms in total. The maximum Gasteiger partial charge on any atom is 0.0706 e. The van der Waals surface area contributed by atoms with Crippen LogP contribution in [0.3, 0.4) is 0 Å². The lowest BCUT2D eigenvalue weighted by Crippen LogP contribution is -2.35. The van der Waals surface area contributed by atoms with Gasteiger partial charge in [0.25, 0.3) is 0 Å². The first-order chi connectivity index (χ1) is 12.3. The van der Waals surface area contributed by atoms with Crippen molar-refractivity contribution in [2.75, 3.05) is 0 Å². The van der Waals surface area contributed by atoms with Crippen molar-refractivity contribution in [3.63, 3.8) is 0 Å². The topological polar surface area (TPSA) is 0 Å². The highest BCUT2D eigenvalue weighted by molar-refractivity contribution is 6.58. The van der Waals surface area contributed by atoms with Crippen LogP contribution in [0.1, 0.15) is 58.1 Å². The summed E-state index contributed by atoms with van der Waals surface area (Å²) in [5.41, 5.74) is 7.79. The molecule has 3 rings (SSSR count). The van der Waals surface area contributed by atoms with Crippen LogP contribution >= 0.6 is 0 Å². The van der Waals surface area contributed by atoms with Crippen LogP contribution in [-0.4, -0.2) is 9.52 Å². The summed E-state index contributed by atoms with van der Waals surface area (Å²) in [6.07, 6.45) is 15.7. The van der Waals surface area contributed by atoms with Gasteiger partial charge < -0.3 is 0 Å². The summed E-state index contributed by atoms with van der Waals surface area (Å²) in [6.45, 7) is 13.9. The second-order valence-corrected chi connectivity index (χ2v) is 11.2. The van der Waals surface area contributed by atoms with Gasteiger partial charge in [0.2, 0.25) is 0 Å². The quantitative estimate of drug-likeness (QED) is 0.576. The smallest absolute Gasteiger partial charge is 0.0706 e. The molecule has 26 heavy (non-hydrogen) atoms. The van der Waals surface area contributed by atoms with Crippen LogP contribution in [0.15, 0.2) is 65.3 Å². The largest absolute Gasteiger partial charge is 0.0837 e. The molecule has 0 aliphatic heterocycles. The Hall–Kier alpha value is -1.60. The number of allylic oxidation sites excluding steroid dienone is 8. The fourth-order valence-electron chi connectivity index (χ4n) is 5.12. The molecule has 2 aliphatic rings. The molecule has 2 unspecified atom stereocenters. The van der Waals surface area contributed by atoms with Crippen molar-refractivity contribution in [3.05, 3.63) is 76.4 Å². The SMILES string of the molecule is CCC1(CC2([SiH2]c3cc(C)cc(C)c3)C=C(C)C(C)=C2C)C=CC=CC1. The third kappa shape index (κ3) is 3.60. The zero-order valence-corrected chi connectivity index (χ0v) is 18.9. The predicted octanol–water partition coefficient (Wildman–Crippen LogP) is 5.86. The summed E-state index contributed by atoms with van der Waals surface area (Å²) < 4.78 is 0. The highest BCUT2D eigenvalue weighted by Crippen LogP contribution is 2.55. The monoisotopic (exact) mass is 362 g/mol. The number of benzene rings is 1. The molecular formula is C25H34Si. The summed E-state index contributed by atoms with van der Waals surface area (Å²) in [5, 5.41) is 1.89. The van der Waals surface area contributed by atoms with E-state index >= 15 is 0 Å². The van der Waals surface area contributed by atoms with Crippen LogP contribution in [0.25, 0.3) is 0 Å². The molecule has 0 bridgehead atoms. The van der Waals surface area contributed by atoms with Crippen molar-refractivity contribution in [1.29, 1.82) is 0 Å². The van der Waals surface area contributed by atoms with Crippen LogP contribution in [-0.2, 0) is 0 Å². The number of rotatable bonds is 5. The maximum atomic E-state index is 2.64. The molecule has 0 amide bonds. The van der Waals surface area contributed by atoms with Crippen LogP contribution in [0, 0.1) is 19.3 Å². The van der Waals surface area contributed by atoms with Crippen molar-refractivity contribution >= 4 is 14.7 Å². The molecule has 0 heterocycles. The zero-order chi connectivity index (χ0) is 18.9. The second kappa shape index (κ2) is 7.19. The van der Waals surface area contributed by atoms with E-state index in [0.717, 1.165) is 0 Å². The van der Waals surface area contributed by atoms with E-state index in [9.17, 15) is 0 Å². The molecule has 1 aromatic rings. The van der Waals surface area contributed by atoms with Gasteiger partial charge in [-0.3, -0.25) is 0 Å². The molecule has 1 aromatic carbocycles. The van der Waals surface area contributed by atoms with Crippen molar-refractivity contribution in [2.24, 2.45) is 5.41 Å². The Labute approximate surface area is 162 Å². The van der Waals surface area contributed by atoms with Crippen LogP contribution in [0.4, 0.5) is 0 Å². The molecule has 0 saturated carbocycles. The Balaban J connectivity index is 2.04. The Morgan fingerprint density at radius 2 is 1.65 bits per heavy atom. The Morgan fingerprint density at radius 1 is 0.962 bits per heavy atom. The lowest BCUT2D eigenvalue weighted by molar-refractivity contribution is 0.317. The molecule has 0 saturated heterocycles. The third-order valence-electron chi connectivity index (χ3n) is 6.79. The van der Waals surface area contributed by atoms with E-state index in [1.165, 1.54) is 41.5 Å². The lowest BCUT2D eigenvalue weighted by Gasteiger charge is -2.41. The van der Waals surface area contributed by atoms with E-state index in [0.29, 0.717) is 5.41 Å². The van der Waals surface area contributed by atoms with Gasteiger partial charge in [0.1, 0.15) is 0 Å². The summed E-state index contributed by atoms with van der Waals surface area (Å²) in [7, 11) is -0.479. The Morgan fingerprint density at radius 3 is 2.15 bits per heavy atom. The van der Waals surface area contributed by atoms with Gasteiger partial charge in [-0.15, -0.1) is 0 Å². The molecule has 0 N–H and O–H groups in total. The number of hydrogen-bond donors (Lipinski definition) is 0. The third-order valence-corrected chi connectivity index (χ3v) is 9.22. The summed E-state index contributed by atoms with van der Waals surface area (Å²) >= 11 is 0. The van der Waals surface area contributed by atoms with Gasteiger partial charge in [-0.25, -0.2) is 0 Å². The van der Waals surface area contributed by atoms with Gasteiger partial charge in [-0.2, -0.15) is 0 Å². The van der Waals surface area contributed by atoms with Gasteiger partial charge in [-0.1, -0.05) is 83.0 Å². The molecule has 0 radical (unpaired) electrons. The first kappa shape index (κ1) is 19.2. The zero-order valence-electron chi connectivity index (χ0n) is 17.4. The number of aryl methyl sites for hydroxylation is 2. The second-order valence-electron chi connectivity index (χ2n) is 8.79. The summed E-state index contributed by atoms with van der Waals surface area (Å²) in [6, 6.07) is 7.19. The van der Waals surface area contributed by atoms with Gasteiger partial charge in [0, 0.05) is 5.04 Å². The van der Waals surface area contributed by atoms with Gasteiger partial charge in [-0.05, 0) is 64.9 Å². The minimum Gasteiger partial charge on any atom is -0.0837 e. The fraction of sp³-hybridized carbons (Fsp3) is 0.440. The van der Waals surface area contributed by atoms with E-state index in [4.69, 9.17) is 0 Å². The predicted molar refractivity (Wildman–Crippen MR) is 119 cm³/mol. The van der Waals surface area contributed by atoms with Crippen LogP contribution in [0.5, 0.6) is 0 Å². The molecule has 138 valence electrons. The van der Waals surface area contributed by atoms with E-state index < -0.39 is 9.52 Å². The normalized spacial score (nSPS) is 28.5. The van der Waals surface area contributed by atoms with Crippen molar-refractivity contribution in [3.8, 4) is 0 Å². The average Bonchev–Trinajstić information content (AvgIpc) is 2.78. The van der Waals surface area contributed by atoms with E-state index in [-0.39, 0.29) is 5.04 Å². The fourth-order valence-corrected chi connectivity index (χ4v) is 8.26. The molecule has 2 atom stereocenters. The van der Waals surface area contributed by atoms with Gasteiger partial charge in [0.05, 0.1) is 9.52 Å². The van der Waals surface area contributed by atoms with Crippen molar-refractivity contribution in [1.82, 2.24) is 0 Å². The van der Waals surface area contributed by atoms with E-state index in [1.54, 1.807) is 10.8 Å². The highest BCUT2D eigenvalue weighted by atomic mass is 28.2. The van der Waals surface area contributed by atoms with Crippen molar-refractivity contribution in [2.45, 2.75) is 65.8 Å². The summed E-state index contributed by atoms with van der Waals surface area (Å²) in [4.78, 5) is 0. The molecule has 1 heteroatoms. The van der Waals surface area contributed by atoms with Gasteiger partial charge >= 0.3 is 0 Å². The van der Waals surface area contributed by atoms with E-state index in [1.807, 2.05) is 0 Å². The van der Waals surface area contributed by atoms with E-state index in [2.05, 4.69) is 90.1 Å². The minimum absolute atomic E-state index is 0.278. The van der Waals surface area contributed by atoms with Crippen molar-refractivity contribution < 1.29 is 0 Å². The lowest BCUT2D eigenvalue weighted by atomic mass is 9.71. The Bertz CT molecular complexity index is 800. The molecule has 0 fully saturated rings. The van der Waals surface area contributed by atoms with Gasteiger partial charge in [0.15, 0.2) is 0 Å². The maximum absolute atomic E-state index is 2.64. The molecule has 0 aromatic heterocycles.